The number of para-hydroxylation sites is 1. The maximum Gasteiger partial charge on any atom is 0.243 e. The Balaban J connectivity index is 1.52. The summed E-state index contributed by atoms with van der Waals surface area (Å²) in [6, 6.07) is 10.5. The summed E-state index contributed by atoms with van der Waals surface area (Å²) in [5, 5.41) is 1.17. The number of methoxy groups -OCH3 is 1. The lowest BCUT2D eigenvalue weighted by Crippen LogP contribution is -2.25. The van der Waals surface area contributed by atoms with Crippen LogP contribution in [0.4, 0.5) is 5.82 Å². The fourth-order valence-corrected chi connectivity index (χ4v) is 6.60. The van der Waals surface area contributed by atoms with Gasteiger partial charge in [0.2, 0.25) is 10.0 Å². The number of nitrogens with one attached hydrogen (secondary N) is 1. The van der Waals surface area contributed by atoms with E-state index in [4.69, 9.17) is 50.3 Å². The highest BCUT2D eigenvalue weighted by atomic mass is 35.5. The third-order valence-corrected chi connectivity index (χ3v) is 8.15. The van der Waals surface area contributed by atoms with Gasteiger partial charge in [-0.25, -0.2) is 23.1 Å². The van der Waals surface area contributed by atoms with Crippen molar-refractivity contribution >= 4 is 72.6 Å². The number of pyridine rings is 1. The molecule has 35 heavy (non-hydrogen) atoms. The molecule has 8 nitrogen and oxygen atoms in total. The number of aromatic nitrogens is 3. The molecule has 12 heteroatoms. The molecule has 4 rings (SSSR count). The van der Waals surface area contributed by atoms with Gasteiger partial charge in [0, 0.05) is 37.0 Å². The Morgan fingerprint density at radius 2 is 1.80 bits per heavy atom. The van der Waals surface area contributed by atoms with Crippen LogP contribution in [0.1, 0.15) is 18.7 Å². The number of unbranched alkanes of at least 4 members (excludes halogenated alkanes) is 1. The lowest BCUT2D eigenvalue weighted by Gasteiger charge is -2.12. The maximum atomic E-state index is 12.7. The number of halogens is 3. The van der Waals surface area contributed by atoms with Crippen molar-refractivity contribution in [1.82, 2.24) is 19.3 Å². The van der Waals surface area contributed by atoms with Gasteiger partial charge in [-0.2, -0.15) is 0 Å². The van der Waals surface area contributed by atoms with E-state index in [1.54, 1.807) is 7.11 Å². The maximum absolute atomic E-state index is 12.7. The van der Waals surface area contributed by atoms with Gasteiger partial charge in [0.25, 0.3) is 0 Å². The third kappa shape index (κ3) is 5.50. The SMILES string of the molecule is COCCc1nc2c(N)nc3ccccc3c2n1CCCCNS(=O)(=O)c1c(Cl)cc(Cl)cc1Cl. The number of ether oxygens (including phenoxy) is 1. The van der Waals surface area contributed by atoms with Crippen LogP contribution >= 0.6 is 34.8 Å². The van der Waals surface area contributed by atoms with Crippen molar-refractivity contribution in [2.45, 2.75) is 30.7 Å². The second-order valence-electron chi connectivity index (χ2n) is 7.94. The number of benzene rings is 2. The van der Waals surface area contributed by atoms with Crippen LogP contribution in [-0.4, -0.2) is 43.2 Å². The fourth-order valence-electron chi connectivity index (χ4n) is 3.99. The molecule has 0 aliphatic rings. The summed E-state index contributed by atoms with van der Waals surface area (Å²) in [6.07, 6.45) is 1.87. The van der Waals surface area contributed by atoms with Gasteiger partial charge in [0.05, 0.1) is 27.7 Å². The van der Waals surface area contributed by atoms with Crippen molar-refractivity contribution < 1.29 is 13.2 Å². The first-order valence-electron chi connectivity index (χ1n) is 10.9. The van der Waals surface area contributed by atoms with Crippen LogP contribution in [0.15, 0.2) is 41.3 Å². The van der Waals surface area contributed by atoms with Gasteiger partial charge in [0.15, 0.2) is 5.82 Å². The lowest BCUT2D eigenvalue weighted by molar-refractivity contribution is 0.199. The monoisotopic (exact) mass is 555 g/mol. The first kappa shape index (κ1) is 25.9. The number of nitrogens with two attached hydrogens (primary N) is 1. The largest absolute Gasteiger partial charge is 0.384 e. The topological polar surface area (TPSA) is 112 Å². The number of nitrogens with zero attached hydrogens (tertiary/aromatic N) is 3. The predicted octanol–water partition coefficient (Wildman–Crippen LogP) is 5.07. The second kappa shape index (κ2) is 10.9. The van der Waals surface area contributed by atoms with Crippen molar-refractivity contribution in [3.8, 4) is 0 Å². The minimum absolute atomic E-state index is 0.0271. The van der Waals surface area contributed by atoms with E-state index in [2.05, 4.69) is 14.3 Å². The van der Waals surface area contributed by atoms with E-state index in [0.29, 0.717) is 43.7 Å². The number of sulfonamides is 1. The van der Waals surface area contributed by atoms with Crippen molar-refractivity contribution in [3.05, 3.63) is 57.3 Å². The van der Waals surface area contributed by atoms with E-state index in [-0.39, 0.29) is 26.5 Å². The fraction of sp³-hybridized carbons (Fsp3) is 0.304. The number of fused-ring (bicyclic) bond motifs is 3. The first-order chi connectivity index (χ1) is 16.7. The molecule has 186 valence electrons. The average Bonchev–Trinajstić information content (AvgIpc) is 3.16. The Bertz CT molecular complexity index is 1470. The van der Waals surface area contributed by atoms with Crippen LogP contribution in [0.5, 0.6) is 0 Å². The van der Waals surface area contributed by atoms with E-state index in [0.717, 1.165) is 22.2 Å². The van der Waals surface area contributed by atoms with Crippen LogP contribution in [-0.2, 0) is 27.7 Å². The Morgan fingerprint density at radius 3 is 2.51 bits per heavy atom. The molecule has 0 fully saturated rings. The van der Waals surface area contributed by atoms with Gasteiger partial charge in [0.1, 0.15) is 16.2 Å². The van der Waals surface area contributed by atoms with Crippen molar-refractivity contribution in [2.75, 3.05) is 26.0 Å². The van der Waals surface area contributed by atoms with Crippen LogP contribution in [0, 0.1) is 0 Å². The molecule has 2 aromatic heterocycles. The smallest absolute Gasteiger partial charge is 0.243 e. The molecule has 0 bridgehead atoms. The molecule has 3 N–H and O–H groups in total. The summed E-state index contributed by atoms with van der Waals surface area (Å²) in [7, 11) is -2.25. The first-order valence-corrected chi connectivity index (χ1v) is 13.5. The van der Waals surface area contributed by atoms with Gasteiger partial charge in [-0.1, -0.05) is 53.0 Å². The molecule has 2 aromatic carbocycles. The van der Waals surface area contributed by atoms with Gasteiger partial charge in [-0.15, -0.1) is 0 Å². The summed E-state index contributed by atoms with van der Waals surface area (Å²) in [4.78, 5) is 9.06. The zero-order valence-corrected chi connectivity index (χ0v) is 22.0. The van der Waals surface area contributed by atoms with Gasteiger partial charge < -0.3 is 15.0 Å². The molecule has 0 saturated heterocycles. The number of aryl methyl sites for hydroxylation is 1. The van der Waals surface area contributed by atoms with Crippen molar-refractivity contribution in [3.63, 3.8) is 0 Å². The molecule has 4 aromatic rings. The zero-order chi connectivity index (χ0) is 25.2. The summed E-state index contributed by atoms with van der Waals surface area (Å²) >= 11 is 18.0. The zero-order valence-electron chi connectivity index (χ0n) is 18.9. The Kier molecular flexibility index (Phi) is 8.05. The highest BCUT2D eigenvalue weighted by Crippen LogP contribution is 2.33. The lowest BCUT2D eigenvalue weighted by atomic mass is 10.2. The molecular weight excluding hydrogens is 533 g/mol. The molecule has 0 radical (unpaired) electrons. The summed E-state index contributed by atoms with van der Waals surface area (Å²) in [6.45, 7) is 1.34. The minimum Gasteiger partial charge on any atom is -0.384 e. The summed E-state index contributed by atoms with van der Waals surface area (Å²) < 4.78 is 35.4. The molecule has 0 unspecified atom stereocenters. The Hall–Kier alpha value is -2.14. The molecular formula is C23H24Cl3N5O3S. The minimum atomic E-state index is -3.89. The summed E-state index contributed by atoms with van der Waals surface area (Å²) in [5.41, 5.74) is 8.59. The quantitative estimate of drug-likeness (QED) is 0.264. The average molecular weight is 557 g/mol. The van der Waals surface area contributed by atoms with E-state index in [1.165, 1.54) is 12.1 Å². The number of imidazole rings is 1. The number of nitrogen functional groups attached to an aromatic ring is 1. The van der Waals surface area contributed by atoms with Crippen molar-refractivity contribution in [2.24, 2.45) is 0 Å². The molecule has 0 saturated carbocycles. The number of hydrogen-bond acceptors (Lipinski definition) is 6. The summed E-state index contributed by atoms with van der Waals surface area (Å²) in [5.74, 6) is 1.22. The third-order valence-electron chi connectivity index (χ3n) is 5.55. The van der Waals surface area contributed by atoms with E-state index < -0.39 is 10.0 Å². The highest BCUT2D eigenvalue weighted by molar-refractivity contribution is 7.89. The van der Waals surface area contributed by atoms with Gasteiger partial charge in [-0.05, 0) is 31.0 Å². The number of hydrogen-bond donors (Lipinski definition) is 2. The highest BCUT2D eigenvalue weighted by Gasteiger charge is 2.22. The second-order valence-corrected chi connectivity index (χ2v) is 10.9. The molecule has 0 amide bonds. The normalized spacial score (nSPS) is 12.1. The standard InChI is InChI=1S/C23H24Cl3N5O3S/c1-34-11-8-19-30-20-21(15-6-2-3-7-18(15)29-23(20)27)31(19)10-5-4-9-28-35(32,33)22-16(25)12-14(24)13-17(22)26/h2-3,6-7,12-13,28H,4-5,8-11H2,1H3,(H2,27,29). The van der Waals surface area contributed by atoms with Crippen LogP contribution in [0.3, 0.4) is 0 Å². The molecule has 0 aliphatic heterocycles. The van der Waals surface area contributed by atoms with Gasteiger partial charge >= 0.3 is 0 Å². The molecule has 0 aliphatic carbocycles. The molecule has 0 spiro atoms. The van der Waals surface area contributed by atoms with E-state index >= 15 is 0 Å². The number of anilines is 1. The van der Waals surface area contributed by atoms with Crippen molar-refractivity contribution in [1.29, 1.82) is 0 Å². The molecule has 2 heterocycles. The van der Waals surface area contributed by atoms with E-state index in [1.807, 2.05) is 24.3 Å². The van der Waals surface area contributed by atoms with Gasteiger partial charge in [-0.3, -0.25) is 0 Å². The number of rotatable bonds is 10. The van der Waals surface area contributed by atoms with Crippen LogP contribution in [0.25, 0.3) is 21.9 Å². The van der Waals surface area contributed by atoms with Crippen LogP contribution in [0.2, 0.25) is 15.1 Å². The molecule has 0 atom stereocenters. The van der Waals surface area contributed by atoms with Crippen LogP contribution < -0.4 is 10.5 Å². The Morgan fingerprint density at radius 1 is 1.09 bits per heavy atom. The van der Waals surface area contributed by atoms with E-state index in [9.17, 15) is 8.42 Å². The Labute approximate surface area is 218 Å². The predicted molar refractivity (Wildman–Crippen MR) is 141 cm³/mol.